The number of hydrogen-bond acceptors (Lipinski definition) is 6. The molecule has 4 rings (SSSR count). The van der Waals surface area contributed by atoms with Gasteiger partial charge in [-0.2, -0.15) is 0 Å². The van der Waals surface area contributed by atoms with E-state index < -0.39 is 21.7 Å². The van der Waals surface area contributed by atoms with Gasteiger partial charge in [-0.05, 0) is 43.0 Å². The number of ether oxygens (including phenoxy) is 1. The SMILES string of the molecule is Cc1cccc(S(=O)(=O)N[C@@H]2CCOC[C@@]23CC(C(=O)NCCc2ccccc2)=NO3)c1. The average Bonchev–Trinajstić information content (AvgIpc) is 3.21. The molecule has 0 radical (unpaired) electrons. The lowest BCUT2D eigenvalue weighted by Gasteiger charge is -2.38. The van der Waals surface area contributed by atoms with Crippen LogP contribution in [0.15, 0.2) is 64.6 Å². The summed E-state index contributed by atoms with van der Waals surface area (Å²) in [5.41, 5.74) is 1.18. The number of rotatable bonds is 7. The van der Waals surface area contributed by atoms with Crippen LogP contribution in [0, 0.1) is 6.92 Å². The van der Waals surface area contributed by atoms with Crippen molar-refractivity contribution in [3.05, 3.63) is 65.7 Å². The average molecular weight is 458 g/mol. The summed E-state index contributed by atoms with van der Waals surface area (Å²) in [6, 6.07) is 16.0. The summed E-state index contributed by atoms with van der Waals surface area (Å²) in [6.45, 7) is 2.85. The summed E-state index contributed by atoms with van der Waals surface area (Å²) in [5.74, 6) is -0.316. The maximum Gasteiger partial charge on any atom is 0.269 e. The van der Waals surface area contributed by atoms with E-state index in [1.165, 1.54) is 0 Å². The van der Waals surface area contributed by atoms with Crippen molar-refractivity contribution in [3.8, 4) is 0 Å². The Kier molecular flexibility index (Phi) is 6.59. The van der Waals surface area contributed by atoms with Gasteiger partial charge < -0.3 is 14.9 Å². The smallest absolute Gasteiger partial charge is 0.269 e. The zero-order valence-corrected chi connectivity index (χ0v) is 18.7. The van der Waals surface area contributed by atoms with E-state index in [2.05, 4.69) is 15.2 Å². The van der Waals surface area contributed by atoms with Gasteiger partial charge in [-0.3, -0.25) is 4.79 Å². The molecule has 0 saturated carbocycles. The molecule has 2 aromatic rings. The number of aryl methyl sites for hydroxylation is 1. The Hall–Kier alpha value is -2.75. The summed E-state index contributed by atoms with van der Waals surface area (Å²) < 4.78 is 34.3. The summed E-state index contributed by atoms with van der Waals surface area (Å²) >= 11 is 0. The minimum absolute atomic E-state index is 0.151. The van der Waals surface area contributed by atoms with Crippen LogP contribution in [-0.2, 0) is 30.8 Å². The Morgan fingerprint density at radius 2 is 2.00 bits per heavy atom. The first-order chi connectivity index (χ1) is 15.4. The number of nitrogens with zero attached hydrogens (tertiary/aromatic N) is 1. The lowest BCUT2D eigenvalue weighted by Crippen LogP contribution is -2.58. The van der Waals surface area contributed by atoms with Crippen LogP contribution in [0.2, 0.25) is 0 Å². The van der Waals surface area contributed by atoms with Gasteiger partial charge in [-0.15, -0.1) is 0 Å². The molecule has 9 heteroatoms. The van der Waals surface area contributed by atoms with Crippen molar-refractivity contribution in [2.45, 2.75) is 42.7 Å². The third kappa shape index (κ3) is 5.01. The number of benzene rings is 2. The number of carbonyl (C=O) groups is 1. The van der Waals surface area contributed by atoms with E-state index in [1.807, 2.05) is 43.3 Å². The van der Waals surface area contributed by atoms with Crippen LogP contribution < -0.4 is 10.0 Å². The summed E-state index contributed by atoms with van der Waals surface area (Å²) in [7, 11) is -3.77. The Balaban J connectivity index is 1.39. The normalized spacial score (nSPS) is 22.9. The first kappa shape index (κ1) is 22.4. The molecule has 0 unspecified atom stereocenters. The molecule has 32 heavy (non-hydrogen) atoms. The molecule has 8 nitrogen and oxygen atoms in total. The molecule has 0 aliphatic carbocycles. The minimum atomic E-state index is -3.77. The fourth-order valence-electron chi connectivity index (χ4n) is 3.96. The minimum Gasteiger partial charge on any atom is -0.384 e. The van der Waals surface area contributed by atoms with Gasteiger partial charge in [0.15, 0.2) is 5.60 Å². The topological polar surface area (TPSA) is 106 Å². The van der Waals surface area contributed by atoms with Gasteiger partial charge in [0.1, 0.15) is 5.71 Å². The van der Waals surface area contributed by atoms with Gasteiger partial charge in [-0.1, -0.05) is 47.6 Å². The molecule has 1 saturated heterocycles. The van der Waals surface area contributed by atoms with E-state index in [-0.39, 0.29) is 29.5 Å². The fourth-order valence-corrected chi connectivity index (χ4v) is 5.40. The molecule has 2 heterocycles. The Bertz CT molecular complexity index is 1100. The van der Waals surface area contributed by atoms with Crippen LogP contribution in [-0.4, -0.2) is 51.4 Å². The van der Waals surface area contributed by atoms with Gasteiger partial charge in [0, 0.05) is 19.6 Å². The first-order valence-corrected chi connectivity index (χ1v) is 12.1. The summed E-state index contributed by atoms with van der Waals surface area (Å²) in [6.07, 6.45) is 1.29. The van der Waals surface area contributed by atoms with E-state index >= 15 is 0 Å². The first-order valence-electron chi connectivity index (χ1n) is 10.6. The van der Waals surface area contributed by atoms with Crippen molar-refractivity contribution in [1.29, 1.82) is 0 Å². The lowest BCUT2D eigenvalue weighted by molar-refractivity contribution is -0.126. The molecule has 1 spiro atoms. The summed E-state index contributed by atoms with van der Waals surface area (Å²) in [5, 5.41) is 6.86. The highest BCUT2D eigenvalue weighted by Gasteiger charge is 2.51. The van der Waals surface area contributed by atoms with Crippen molar-refractivity contribution in [2.75, 3.05) is 19.8 Å². The Morgan fingerprint density at radius 1 is 1.19 bits per heavy atom. The molecule has 1 fully saturated rings. The number of amides is 1. The molecule has 170 valence electrons. The van der Waals surface area contributed by atoms with Crippen LogP contribution in [0.25, 0.3) is 0 Å². The van der Waals surface area contributed by atoms with Gasteiger partial charge in [0.05, 0.1) is 17.5 Å². The quantitative estimate of drug-likeness (QED) is 0.661. The van der Waals surface area contributed by atoms with Crippen molar-refractivity contribution in [3.63, 3.8) is 0 Å². The van der Waals surface area contributed by atoms with Crippen LogP contribution in [0.3, 0.4) is 0 Å². The molecule has 2 aliphatic heterocycles. The van der Waals surface area contributed by atoms with E-state index in [4.69, 9.17) is 9.57 Å². The molecule has 1 amide bonds. The standard InChI is InChI=1S/C23H27N3O5S/c1-17-6-5-9-19(14-17)32(28,29)26-21-11-13-30-16-23(21)15-20(25-31-23)22(27)24-12-10-18-7-3-2-4-8-18/h2-9,14,21,26H,10-13,15-16H2,1H3,(H,24,27)/t21-,23+/m1/s1. The predicted octanol–water partition coefficient (Wildman–Crippen LogP) is 1.94. The van der Waals surface area contributed by atoms with E-state index in [9.17, 15) is 13.2 Å². The van der Waals surface area contributed by atoms with E-state index in [1.54, 1.807) is 18.2 Å². The molecule has 0 bridgehead atoms. The van der Waals surface area contributed by atoms with Crippen LogP contribution in [0.1, 0.15) is 24.0 Å². The highest BCUT2D eigenvalue weighted by Crippen LogP contribution is 2.34. The molecular formula is C23H27N3O5S. The molecule has 0 aromatic heterocycles. The number of carbonyl (C=O) groups excluding carboxylic acids is 1. The van der Waals surface area contributed by atoms with Crippen molar-refractivity contribution < 1.29 is 22.8 Å². The lowest BCUT2D eigenvalue weighted by atomic mass is 9.86. The number of nitrogens with one attached hydrogen (secondary N) is 2. The van der Waals surface area contributed by atoms with Gasteiger partial charge in [0.2, 0.25) is 10.0 Å². The number of hydrogen-bond donors (Lipinski definition) is 2. The molecule has 2 aromatic carbocycles. The second kappa shape index (κ2) is 9.40. The highest BCUT2D eigenvalue weighted by atomic mass is 32.2. The molecule has 2 atom stereocenters. The fraction of sp³-hybridized carbons (Fsp3) is 0.391. The molecular weight excluding hydrogens is 430 g/mol. The van der Waals surface area contributed by atoms with Gasteiger partial charge in [-0.25, -0.2) is 13.1 Å². The van der Waals surface area contributed by atoms with Gasteiger partial charge in [0.25, 0.3) is 5.91 Å². The zero-order chi connectivity index (χ0) is 22.6. The largest absolute Gasteiger partial charge is 0.384 e. The second-order valence-electron chi connectivity index (χ2n) is 8.19. The molecule has 2 aliphatic rings. The van der Waals surface area contributed by atoms with Gasteiger partial charge >= 0.3 is 0 Å². The third-order valence-electron chi connectivity index (χ3n) is 5.74. The van der Waals surface area contributed by atoms with Crippen LogP contribution >= 0.6 is 0 Å². The monoisotopic (exact) mass is 457 g/mol. The Morgan fingerprint density at radius 3 is 2.78 bits per heavy atom. The second-order valence-corrected chi connectivity index (χ2v) is 9.91. The summed E-state index contributed by atoms with van der Waals surface area (Å²) in [4.78, 5) is 18.5. The maximum absolute atomic E-state index is 13.0. The van der Waals surface area contributed by atoms with Crippen molar-refractivity contribution >= 4 is 21.6 Å². The Labute approximate surface area is 188 Å². The van der Waals surface area contributed by atoms with Crippen LogP contribution in [0.5, 0.6) is 0 Å². The zero-order valence-electron chi connectivity index (χ0n) is 17.9. The highest BCUT2D eigenvalue weighted by molar-refractivity contribution is 7.89. The van der Waals surface area contributed by atoms with E-state index in [0.29, 0.717) is 26.0 Å². The van der Waals surface area contributed by atoms with Crippen LogP contribution in [0.4, 0.5) is 0 Å². The van der Waals surface area contributed by atoms with Crippen molar-refractivity contribution in [1.82, 2.24) is 10.0 Å². The molecule has 2 N–H and O–H groups in total. The number of sulfonamides is 1. The maximum atomic E-state index is 13.0. The number of oxime groups is 1. The van der Waals surface area contributed by atoms with E-state index in [0.717, 1.165) is 11.1 Å². The van der Waals surface area contributed by atoms with Crippen molar-refractivity contribution in [2.24, 2.45) is 5.16 Å². The third-order valence-corrected chi connectivity index (χ3v) is 7.21. The predicted molar refractivity (Wildman–Crippen MR) is 120 cm³/mol.